The van der Waals surface area contributed by atoms with Crippen LogP contribution in [-0.4, -0.2) is 19.6 Å². The van der Waals surface area contributed by atoms with Crippen LogP contribution in [0.3, 0.4) is 0 Å². The van der Waals surface area contributed by atoms with Crippen molar-refractivity contribution < 1.29 is 5.11 Å². The van der Waals surface area contributed by atoms with Crippen LogP contribution in [0.15, 0.2) is 23.4 Å². The summed E-state index contributed by atoms with van der Waals surface area (Å²) in [5.41, 5.74) is 0.562. The second-order valence-electron chi connectivity index (χ2n) is 5.54. The second-order valence-corrected chi connectivity index (χ2v) is 6.54. The van der Waals surface area contributed by atoms with Crippen molar-refractivity contribution in [2.24, 2.45) is 0 Å². The van der Waals surface area contributed by atoms with E-state index in [0.29, 0.717) is 20.4 Å². The van der Waals surface area contributed by atoms with Crippen molar-refractivity contribution in [2.75, 3.05) is 0 Å². The van der Waals surface area contributed by atoms with Crippen molar-refractivity contribution in [1.82, 2.24) is 14.5 Å². The van der Waals surface area contributed by atoms with Gasteiger partial charge in [-0.05, 0) is 18.9 Å². The number of thiophene rings is 1. The number of hydrogen-bond donors (Lipinski definition) is 1. The van der Waals surface area contributed by atoms with E-state index >= 15 is 0 Å². The Morgan fingerprint density at radius 2 is 2.05 bits per heavy atom. The van der Waals surface area contributed by atoms with Crippen LogP contribution < -0.4 is 5.56 Å². The Hall–Kier alpha value is -1.95. The van der Waals surface area contributed by atoms with E-state index in [0.717, 1.165) is 12.8 Å². The molecule has 0 atom stereocenters. The summed E-state index contributed by atoms with van der Waals surface area (Å²) in [7, 11) is 0. The maximum absolute atomic E-state index is 12.7. The lowest BCUT2D eigenvalue weighted by molar-refractivity contribution is 0.345. The first-order chi connectivity index (χ1) is 10.3. The molecule has 108 valence electrons. The minimum atomic E-state index is -0.00528. The zero-order valence-electron chi connectivity index (χ0n) is 11.5. The SMILES string of the molecule is O=c1c2sc3nccc(O)c3c2ncn1C1CCCCC1. The molecule has 0 amide bonds. The molecule has 3 aromatic heterocycles. The molecule has 3 heterocycles. The van der Waals surface area contributed by atoms with Crippen molar-refractivity contribution in [1.29, 1.82) is 0 Å². The normalized spacial score (nSPS) is 16.8. The summed E-state index contributed by atoms with van der Waals surface area (Å²) in [6.45, 7) is 0. The molecule has 1 N–H and O–H groups in total. The summed E-state index contributed by atoms with van der Waals surface area (Å²) in [4.78, 5) is 22.1. The van der Waals surface area contributed by atoms with Crippen LogP contribution in [0.5, 0.6) is 5.75 Å². The molecule has 0 unspecified atom stereocenters. The van der Waals surface area contributed by atoms with Crippen molar-refractivity contribution in [3.05, 3.63) is 28.9 Å². The number of aromatic hydroxyl groups is 1. The minimum Gasteiger partial charge on any atom is -0.507 e. The average Bonchev–Trinajstić information content (AvgIpc) is 2.89. The van der Waals surface area contributed by atoms with Gasteiger partial charge in [0.1, 0.15) is 20.8 Å². The van der Waals surface area contributed by atoms with Crippen LogP contribution in [0.25, 0.3) is 20.4 Å². The molecule has 1 saturated carbocycles. The van der Waals surface area contributed by atoms with Crippen molar-refractivity contribution in [3.63, 3.8) is 0 Å². The first-order valence-corrected chi connectivity index (χ1v) is 8.04. The molecule has 0 spiro atoms. The maximum Gasteiger partial charge on any atom is 0.271 e. The fourth-order valence-electron chi connectivity index (χ4n) is 3.17. The minimum absolute atomic E-state index is 0.00528. The Labute approximate surface area is 124 Å². The molecule has 0 bridgehead atoms. The molecule has 6 heteroatoms. The number of pyridine rings is 1. The lowest BCUT2D eigenvalue weighted by Crippen LogP contribution is -2.26. The van der Waals surface area contributed by atoms with Gasteiger partial charge in [0, 0.05) is 12.2 Å². The number of nitrogens with zero attached hydrogens (tertiary/aromatic N) is 3. The van der Waals surface area contributed by atoms with E-state index in [-0.39, 0.29) is 17.4 Å². The van der Waals surface area contributed by atoms with E-state index in [1.54, 1.807) is 17.1 Å². The zero-order valence-corrected chi connectivity index (χ0v) is 12.3. The molecule has 1 fully saturated rings. The van der Waals surface area contributed by atoms with Gasteiger partial charge in [0.05, 0.1) is 11.7 Å². The van der Waals surface area contributed by atoms with Crippen LogP contribution in [0.4, 0.5) is 0 Å². The van der Waals surface area contributed by atoms with E-state index in [4.69, 9.17) is 0 Å². The Morgan fingerprint density at radius 3 is 2.86 bits per heavy atom. The molecule has 5 nitrogen and oxygen atoms in total. The third-order valence-corrected chi connectivity index (χ3v) is 5.33. The maximum atomic E-state index is 12.7. The van der Waals surface area contributed by atoms with Gasteiger partial charge in [-0.3, -0.25) is 9.36 Å². The quantitative estimate of drug-likeness (QED) is 0.749. The molecular weight excluding hydrogens is 286 g/mol. The van der Waals surface area contributed by atoms with E-state index in [2.05, 4.69) is 9.97 Å². The Bertz CT molecular complexity index is 878. The van der Waals surface area contributed by atoms with Gasteiger partial charge < -0.3 is 5.11 Å². The van der Waals surface area contributed by atoms with Gasteiger partial charge in [0.2, 0.25) is 0 Å². The predicted molar refractivity (Wildman–Crippen MR) is 83.0 cm³/mol. The summed E-state index contributed by atoms with van der Waals surface area (Å²) in [6, 6.07) is 1.79. The fraction of sp³-hybridized carbons (Fsp3) is 0.400. The zero-order chi connectivity index (χ0) is 14.4. The topological polar surface area (TPSA) is 68.0 Å². The van der Waals surface area contributed by atoms with Crippen LogP contribution in [0, 0.1) is 0 Å². The largest absolute Gasteiger partial charge is 0.507 e. The highest BCUT2D eigenvalue weighted by Gasteiger charge is 2.20. The van der Waals surface area contributed by atoms with E-state index in [1.807, 2.05) is 0 Å². The average molecular weight is 301 g/mol. The molecule has 0 radical (unpaired) electrons. The van der Waals surface area contributed by atoms with Crippen LogP contribution in [0.2, 0.25) is 0 Å². The first kappa shape index (κ1) is 12.8. The van der Waals surface area contributed by atoms with Gasteiger partial charge in [0.15, 0.2) is 0 Å². The van der Waals surface area contributed by atoms with Crippen molar-refractivity contribution >= 4 is 31.8 Å². The summed E-state index contributed by atoms with van der Waals surface area (Å²) < 4.78 is 2.36. The highest BCUT2D eigenvalue weighted by Crippen LogP contribution is 2.35. The molecule has 3 aromatic rings. The summed E-state index contributed by atoms with van der Waals surface area (Å²) in [5.74, 6) is 0.133. The lowest BCUT2D eigenvalue weighted by atomic mass is 9.95. The molecule has 1 aliphatic carbocycles. The van der Waals surface area contributed by atoms with Gasteiger partial charge in [-0.2, -0.15) is 0 Å². The van der Waals surface area contributed by atoms with Gasteiger partial charge in [-0.25, -0.2) is 9.97 Å². The Kier molecular flexibility index (Phi) is 2.92. The fourth-order valence-corrected chi connectivity index (χ4v) is 4.22. The number of fused-ring (bicyclic) bond motifs is 3. The Balaban J connectivity index is 1.97. The van der Waals surface area contributed by atoms with Crippen LogP contribution in [-0.2, 0) is 0 Å². The predicted octanol–water partition coefficient (Wildman–Crippen LogP) is 3.22. The second kappa shape index (κ2) is 4.80. The smallest absolute Gasteiger partial charge is 0.271 e. The van der Waals surface area contributed by atoms with E-state index < -0.39 is 0 Å². The highest BCUT2D eigenvalue weighted by atomic mass is 32.1. The molecule has 0 aliphatic heterocycles. The van der Waals surface area contributed by atoms with E-state index in [1.165, 1.54) is 36.7 Å². The highest BCUT2D eigenvalue weighted by molar-refractivity contribution is 7.25. The van der Waals surface area contributed by atoms with Crippen molar-refractivity contribution in [2.45, 2.75) is 38.1 Å². The van der Waals surface area contributed by atoms with Crippen LogP contribution >= 0.6 is 11.3 Å². The number of aromatic nitrogens is 3. The van der Waals surface area contributed by atoms with Crippen LogP contribution in [0.1, 0.15) is 38.1 Å². The third kappa shape index (κ3) is 1.93. The van der Waals surface area contributed by atoms with Crippen molar-refractivity contribution in [3.8, 4) is 5.75 Å². The third-order valence-electron chi connectivity index (χ3n) is 4.25. The molecule has 1 aliphatic rings. The number of hydrogen-bond acceptors (Lipinski definition) is 5. The van der Waals surface area contributed by atoms with Gasteiger partial charge >= 0.3 is 0 Å². The standard InChI is InChI=1S/C15H15N3O2S/c19-10-6-7-16-14-11(10)12-13(21-14)15(20)18(8-17-12)9-4-2-1-3-5-9/h6-9H,1-5H2,(H,16,19). The van der Waals surface area contributed by atoms with E-state index in [9.17, 15) is 9.90 Å². The van der Waals surface area contributed by atoms with Gasteiger partial charge in [0.25, 0.3) is 5.56 Å². The summed E-state index contributed by atoms with van der Waals surface area (Å²) in [6.07, 6.45) is 8.87. The monoisotopic (exact) mass is 301 g/mol. The van der Waals surface area contributed by atoms with Gasteiger partial charge in [-0.15, -0.1) is 11.3 Å². The summed E-state index contributed by atoms with van der Waals surface area (Å²) >= 11 is 1.31. The Morgan fingerprint density at radius 1 is 1.24 bits per heavy atom. The number of rotatable bonds is 1. The molecular formula is C15H15N3O2S. The molecule has 0 saturated heterocycles. The molecule has 0 aromatic carbocycles. The first-order valence-electron chi connectivity index (χ1n) is 7.23. The molecule has 4 rings (SSSR count). The summed E-state index contributed by atoms with van der Waals surface area (Å²) in [5, 5.41) is 10.6. The lowest BCUT2D eigenvalue weighted by Gasteiger charge is -2.23. The van der Waals surface area contributed by atoms with Gasteiger partial charge in [-0.1, -0.05) is 19.3 Å². The molecule has 21 heavy (non-hydrogen) atoms.